The Labute approximate surface area is 149 Å². The predicted molar refractivity (Wildman–Crippen MR) is 95.3 cm³/mol. The molecule has 0 fully saturated rings. The first-order valence-electron chi connectivity index (χ1n) is 7.56. The average molecular weight is 352 g/mol. The highest BCUT2D eigenvalue weighted by atomic mass is 16.6. The van der Waals surface area contributed by atoms with E-state index in [4.69, 9.17) is 10.00 Å². The first-order valence-corrected chi connectivity index (χ1v) is 7.56. The zero-order valence-corrected chi connectivity index (χ0v) is 13.9. The van der Waals surface area contributed by atoms with Crippen LogP contribution in [0.4, 0.5) is 11.4 Å². The van der Waals surface area contributed by atoms with Crippen LogP contribution in [0.5, 0.6) is 5.75 Å². The normalized spacial score (nSPS) is 10.5. The van der Waals surface area contributed by atoms with Crippen LogP contribution < -0.4 is 15.4 Å². The molecule has 0 aliphatic rings. The van der Waals surface area contributed by atoms with Gasteiger partial charge in [-0.05, 0) is 29.8 Å². The van der Waals surface area contributed by atoms with Gasteiger partial charge in [0.05, 0.1) is 12.0 Å². The molecule has 8 nitrogen and oxygen atoms in total. The molecule has 0 atom stereocenters. The topological polar surface area (TPSA) is 117 Å². The number of nitro groups is 1. The van der Waals surface area contributed by atoms with Gasteiger partial charge in [0, 0.05) is 30.6 Å². The molecule has 0 radical (unpaired) electrons. The van der Waals surface area contributed by atoms with Gasteiger partial charge in [-0.1, -0.05) is 12.1 Å². The van der Waals surface area contributed by atoms with E-state index in [2.05, 4.69) is 10.6 Å². The lowest BCUT2D eigenvalue weighted by Crippen LogP contribution is -2.24. The zero-order chi connectivity index (χ0) is 18.9. The first-order chi connectivity index (χ1) is 12.5. The summed E-state index contributed by atoms with van der Waals surface area (Å²) in [5.41, 5.74) is 1.22. The molecule has 2 aromatic rings. The maximum Gasteiger partial charge on any atom is 0.269 e. The number of ether oxygens (including phenoxy) is 1. The summed E-state index contributed by atoms with van der Waals surface area (Å²) in [6.07, 6.45) is 1.25. The smallest absolute Gasteiger partial charge is 0.269 e. The molecule has 8 heteroatoms. The van der Waals surface area contributed by atoms with E-state index in [9.17, 15) is 14.9 Å². The van der Waals surface area contributed by atoms with Crippen LogP contribution in [0.2, 0.25) is 0 Å². The number of anilines is 1. The van der Waals surface area contributed by atoms with Gasteiger partial charge in [0.1, 0.15) is 17.4 Å². The van der Waals surface area contributed by atoms with E-state index in [0.717, 1.165) is 5.56 Å². The second kappa shape index (κ2) is 8.84. The van der Waals surface area contributed by atoms with E-state index in [1.54, 1.807) is 19.2 Å². The molecule has 26 heavy (non-hydrogen) atoms. The van der Waals surface area contributed by atoms with E-state index in [1.165, 1.54) is 30.5 Å². The molecule has 0 aliphatic carbocycles. The van der Waals surface area contributed by atoms with Crippen LogP contribution in [0.1, 0.15) is 5.56 Å². The van der Waals surface area contributed by atoms with Gasteiger partial charge in [-0.25, -0.2) is 0 Å². The number of nitro benzene ring substituents is 1. The Morgan fingerprint density at radius 3 is 2.42 bits per heavy atom. The average Bonchev–Trinajstić information content (AvgIpc) is 2.67. The van der Waals surface area contributed by atoms with Crippen molar-refractivity contribution in [2.24, 2.45) is 0 Å². The molecule has 0 bridgehead atoms. The largest absolute Gasteiger partial charge is 0.497 e. The quantitative estimate of drug-likeness (QED) is 0.342. The van der Waals surface area contributed by atoms with Gasteiger partial charge in [0.15, 0.2) is 0 Å². The number of nitriles is 1. The van der Waals surface area contributed by atoms with E-state index in [1.807, 2.05) is 18.2 Å². The third-order valence-corrected chi connectivity index (χ3v) is 3.44. The number of carbonyl (C=O) groups is 1. The summed E-state index contributed by atoms with van der Waals surface area (Å²) in [6.45, 7) is 0.263. The standard InChI is InChI=1S/C18H16N4O4/c1-26-17-8-2-13(3-9-17)11-21-18(23)14(10-19)12-20-15-4-6-16(7-5-15)22(24)25/h2-9,12,20H,11H2,1H3,(H,21,23)/b14-12-. The van der Waals surface area contributed by atoms with Crippen LogP contribution in [0.25, 0.3) is 0 Å². The molecule has 0 saturated carbocycles. The van der Waals surface area contributed by atoms with Gasteiger partial charge in [-0.2, -0.15) is 5.26 Å². The first kappa shape index (κ1) is 18.5. The van der Waals surface area contributed by atoms with Crippen molar-refractivity contribution < 1.29 is 14.5 Å². The molecule has 0 aromatic heterocycles. The molecule has 0 heterocycles. The molecule has 2 aromatic carbocycles. The highest BCUT2D eigenvalue weighted by Gasteiger charge is 2.09. The van der Waals surface area contributed by atoms with Gasteiger partial charge in [-0.15, -0.1) is 0 Å². The van der Waals surface area contributed by atoms with E-state index in [0.29, 0.717) is 11.4 Å². The molecule has 2 rings (SSSR count). The molecular formula is C18H16N4O4. The second-order valence-corrected chi connectivity index (χ2v) is 5.15. The van der Waals surface area contributed by atoms with E-state index >= 15 is 0 Å². The Bertz CT molecular complexity index is 852. The fourth-order valence-electron chi connectivity index (χ4n) is 2.00. The highest BCUT2D eigenvalue weighted by Crippen LogP contribution is 2.15. The number of methoxy groups -OCH3 is 1. The minimum atomic E-state index is -0.530. The van der Waals surface area contributed by atoms with Crippen molar-refractivity contribution in [2.45, 2.75) is 6.54 Å². The van der Waals surface area contributed by atoms with Gasteiger partial charge in [0.25, 0.3) is 11.6 Å². The van der Waals surface area contributed by atoms with Crippen molar-refractivity contribution in [3.63, 3.8) is 0 Å². The third-order valence-electron chi connectivity index (χ3n) is 3.44. The van der Waals surface area contributed by atoms with Crippen LogP contribution in [-0.4, -0.2) is 17.9 Å². The Kier molecular flexibility index (Phi) is 6.28. The molecule has 0 spiro atoms. The van der Waals surface area contributed by atoms with Gasteiger partial charge in [-0.3, -0.25) is 14.9 Å². The van der Waals surface area contributed by atoms with Crippen molar-refractivity contribution >= 4 is 17.3 Å². The maximum absolute atomic E-state index is 12.1. The van der Waals surface area contributed by atoms with Crippen LogP contribution in [0.15, 0.2) is 60.3 Å². The molecule has 0 aliphatic heterocycles. The summed E-state index contributed by atoms with van der Waals surface area (Å²) in [7, 11) is 1.57. The number of nitrogens with zero attached hydrogens (tertiary/aromatic N) is 2. The number of non-ortho nitro benzene ring substituents is 1. The molecular weight excluding hydrogens is 336 g/mol. The molecule has 0 unspecified atom stereocenters. The van der Waals surface area contributed by atoms with Crippen LogP contribution >= 0.6 is 0 Å². The monoisotopic (exact) mass is 352 g/mol. The SMILES string of the molecule is COc1ccc(CNC(=O)/C(C#N)=C\Nc2ccc([N+](=O)[O-])cc2)cc1. The third kappa shape index (κ3) is 5.07. The van der Waals surface area contributed by atoms with E-state index < -0.39 is 10.8 Å². The summed E-state index contributed by atoms with van der Waals surface area (Å²) < 4.78 is 5.06. The van der Waals surface area contributed by atoms with Crippen molar-refractivity contribution in [1.29, 1.82) is 5.26 Å². The molecule has 1 amide bonds. The lowest BCUT2D eigenvalue weighted by molar-refractivity contribution is -0.384. The summed E-state index contributed by atoms with van der Waals surface area (Å²) in [6, 6.07) is 14.6. The van der Waals surface area contributed by atoms with Crippen molar-refractivity contribution in [1.82, 2.24) is 5.32 Å². The van der Waals surface area contributed by atoms with Gasteiger partial charge in [0.2, 0.25) is 0 Å². The summed E-state index contributed by atoms with van der Waals surface area (Å²) in [4.78, 5) is 22.2. The Morgan fingerprint density at radius 2 is 1.88 bits per heavy atom. The van der Waals surface area contributed by atoms with Gasteiger partial charge < -0.3 is 15.4 Å². The summed E-state index contributed by atoms with van der Waals surface area (Å²) in [5.74, 6) is 0.183. The number of benzene rings is 2. The highest BCUT2D eigenvalue weighted by molar-refractivity contribution is 5.97. The summed E-state index contributed by atoms with van der Waals surface area (Å²) in [5, 5.41) is 25.2. The Morgan fingerprint density at radius 1 is 1.23 bits per heavy atom. The Hall–Kier alpha value is -3.86. The number of rotatable bonds is 7. The Balaban J connectivity index is 1.95. The number of carbonyl (C=O) groups excluding carboxylic acids is 1. The van der Waals surface area contributed by atoms with Crippen LogP contribution in [0, 0.1) is 21.4 Å². The number of nitrogens with one attached hydrogen (secondary N) is 2. The van der Waals surface area contributed by atoms with Crippen molar-refractivity contribution in [3.05, 3.63) is 76.0 Å². The molecule has 2 N–H and O–H groups in total. The fourth-order valence-corrected chi connectivity index (χ4v) is 2.00. The lowest BCUT2D eigenvalue weighted by atomic mass is 10.2. The lowest BCUT2D eigenvalue weighted by Gasteiger charge is -2.06. The second-order valence-electron chi connectivity index (χ2n) is 5.15. The minimum Gasteiger partial charge on any atom is -0.497 e. The number of hydrogen-bond acceptors (Lipinski definition) is 6. The van der Waals surface area contributed by atoms with Crippen molar-refractivity contribution in [2.75, 3.05) is 12.4 Å². The number of hydrogen-bond donors (Lipinski definition) is 2. The summed E-state index contributed by atoms with van der Waals surface area (Å²) >= 11 is 0. The van der Waals surface area contributed by atoms with Crippen LogP contribution in [0.3, 0.4) is 0 Å². The minimum absolute atomic E-state index is 0.0442. The fraction of sp³-hybridized carbons (Fsp3) is 0.111. The maximum atomic E-state index is 12.1. The van der Waals surface area contributed by atoms with Crippen LogP contribution in [-0.2, 0) is 11.3 Å². The molecule has 0 saturated heterocycles. The zero-order valence-electron chi connectivity index (χ0n) is 13.9. The predicted octanol–water partition coefficient (Wildman–Crippen LogP) is 2.74. The molecule has 132 valence electrons. The van der Waals surface area contributed by atoms with E-state index in [-0.39, 0.29) is 17.8 Å². The van der Waals surface area contributed by atoms with Crippen molar-refractivity contribution in [3.8, 4) is 11.8 Å². The van der Waals surface area contributed by atoms with Gasteiger partial charge >= 0.3 is 0 Å². The number of amides is 1.